The van der Waals surface area contributed by atoms with Gasteiger partial charge < -0.3 is 14.2 Å². The molecule has 1 aliphatic heterocycles. The van der Waals surface area contributed by atoms with Gasteiger partial charge in [-0.05, 0) is 24.1 Å². The Hall–Kier alpha value is -2.44. The highest BCUT2D eigenvalue weighted by molar-refractivity contribution is 7.16. The zero-order chi connectivity index (χ0) is 18.6. The van der Waals surface area contributed by atoms with Crippen molar-refractivity contribution in [3.63, 3.8) is 0 Å². The summed E-state index contributed by atoms with van der Waals surface area (Å²) < 4.78 is 7.88. The first-order chi connectivity index (χ1) is 13.3. The van der Waals surface area contributed by atoms with E-state index in [2.05, 4.69) is 19.1 Å². The largest absolute Gasteiger partial charge is 0.370 e. The highest BCUT2D eigenvalue weighted by Gasteiger charge is 2.29. The van der Waals surface area contributed by atoms with Crippen molar-refractivity contribution < 1.29 is 9.53 Å². The van der Waals surface area contributed by atoms with Gasteiger partial charge in [-0.1, -0.05) is 55.0 Å². The van der Waals surface area contributed by atoms with Crippen molar-refractivity contribution in [2.45, 2.75) is 25.9 Å². The first-order valence-electron chi connectivity index (χ1n) is 9.35. The number of carbonyl (C=O) groups excluding carboxylic acids is 1. The molecular weight excluding hydrogens is 358 g/mol. The number of ether oxygens (including phenoxy) is 1. The molecule has 0 unspecified atom stereocenters. The molecule has 5 nitrogen and oxygen atoms in total. The number of hydrogen-bond donors (Lipinski definition) is 0. The van der Waals surface area contributed by atoms with E-state index in [1.54, 1.807) is 0 Å². The second kappa shape index (κ2) is 8.06. The lowest BCUT2D eigenvalue weighted by Crippen LogP contribution is -2.42. The molecule has 0 aliphatic carbocycles. The van der Waals surface area contributed by atoms with Crippen LogP contribution < -0.4 is 0 Å². The van der Waals surface area contributed by atoms with Crippen molar-refractivity contribution in [1.29, 1.82) is 0 Å². The number of amides is 1. The quantitative estimate of drug-likeness (QED) is 0.668. The number of nitrogens with zero attached hydrogens (tertiary/aromatic N) is 3. The molecule has 27 heavy (non-hydrogen) atoms. The lowest BCUT2D eigenvalue weighted by Gasteiger charge is -2.33. The summed E-state index contributed by atoms with van der Waals surface area (Å²) in [4.78, 5) is 20.7. The molecule has 1 atom stereocenters. The van der Waals surface area contributed by atoms with Gasteiger partial charge in [-0.15, -0.1) is 0 Å². The van der Waals surface area contributed by atoms with Gasteiger partial charge >= 0.3 is 0 Å². The van der Waals surface area contributed by atoms with Crippen molar-refractivity contribution in [3.8, 4) is 5.13 Å². The van der Waals surface area contributed by atoms with Gasteiger partial charge in [0.2, 0.25) is 0 Å². The van der Waals surface area contributed by atoms with Gasteiger partial charge in [0.05, 0.1) is 18.8 Å². The molecule has 0 radical (unpaired) electrons. The molecule has 1 aliphatic rings. The predicted molar refractivity (Wildman–Crippen MR) is 106 cm³/mol. The summed E-state index contributed by atoms with van der Waals surface area (Å²) in [5, 5.41) is 0.847. The van der Waals surface area contributed by atoms with Gasteiger partial charge in [0.1, 0.15) is 11.0 Å². The van der Waals surface area contributed by atoms with Gasteiger partial charge in [0.15, 0.2) is 5.13 Å². The molecule has 0 saturated carbocycles. The zero-order valence-corrected chi connectivity index (χ0v) is 16.2. The number of carbonyl (C=O) groups is 1. The maximum absolute atomic E-state index is 13.3. The minimum atomic E-state index is -0.0737. The van der Waals surface area contributed by atoms with Gasteiger partial charge in [0.25, 0.3) is 5.91 Å². The van der Waals surface area contributed by atoms with Crippen molar-refractivity contribution in [2.75, 3.05) is 19.7 Å². The van der Waals surface area contributed by atoms with E-state index in [0.29, 0.717) is 19.7 Å². The molecule has 6 heteroatoms. The molecule has 3 aromatic rings. The summed E-state index contributed by atoms with van der Waals surface area (Å²) >= 11 is 1.48. The average molecular weight is 382 g/mol. The van der Waals surface area contributed by atoms with E-state index >= 15 is 0 Å². The van der Waals surface area contributed by atoms with Gasteiger partial charge in [-0.3, -0.25) is 4.79 Å². The number of morpholine rings is 1. The fourth-order valence-corrected chi connectivity index (χ4v) is 4.38. The molecule has 3 heterocycles. The summed E-state index contributed by atoms with van der Waals surface area (Å²) in [6.07, 6.45) is 5.62. The molecule has 0 spiro atoms. The van der Waals surface area contributed by atoms with Crippen LogP contribution in [0.15, 0.2) is 54.9 Å². The molecule has 140 valence electrons. The normalized spacial score (nSPS) is 17.2. The second-order valence-electron chi connectivity index (χ2n) is 6.63. The third kappa shape index (κ3) is 3.82. The summed E-state index contributed by atoms with van der Waals surface area (Å²) in [6.45, 7) is 3.86. The van der Waals surface area contributed by atoms with Gasteiger partial charge in [0, 0.05) is 18.9 Å². The Labute approximate surface area is 163 Å². The predicted octanol–water partition coefficient (Wildman–Crippen LogP) is 4.10. The Balaban J connectivity index is 1.58. The van der Waals surface area contributed by atoms with Crippen LogP contribution in [0.3, 0.4) is 0 Å². The first kappa shape index (κ1) is 17.9. The summed E-state index contributed by atoms with van der Waals surface area (Å²) in [6, 6.07) is 14.0. The highest BCUT2D eigenvalue weighted by Crippen LogP contribution is 2.28. The van der Waals surface area contributed by atoms with Crippen LogP contribution in [0.4, 0.5) is 0 Å². The van der Waals surface area contributed by atoms with Crippen molar-refractivity contribution in [2.24, 2.45) is 0 Å². The Morgan fingerprint density at radius 3 is 2.74 bits per heavy atom. The summed E-state index contributed by atoms with van der Waals surface area (Å²) in [7, 11) is 0. The molecule has 1 fully saturated rings. The Bertz CT molecular complexity index is 890. The Kier molecular flexibility index (Phi) is 5.36. The highest BCUT2D eigenvalue weighted by atomic mass is 32.1. The maximum atomic E-state index is 13.3. The number of rotatable bonds is 5. The third-order valence-electron chi connectivity index (χ3n) is 4.72. The standard InChI is InChI=1S/C21H23N3O2S/c1-2-8-17-19(27-21(22-17)23-11-6-7-12-23)20(25)24-13-14-26-18(15-24)16-9-4-3-5-10-16/h3-7,9-12,18H,2,8,13-15H2,1H3/t18-/m1/s1. The number of benzene rings is 1. The van der Waals surface area contributed by atoms with E-state index in [1.807, 2.05) is 52.2 Å². The summed E-state index contributed by atoms with van der Waals surface area (Å²) in [5.74, 6) is 0.0681. The van der Waals surface area contributed by atoms with Crippen LogP contribution in [-0.4, -0.2) is 40.1 Å². The smallest absolute Gasteiger partial charge is 0.266 e. The van der Waals surface area contributed by atoms with Crippen LogP contribution in [0.5, 0.6) is 0 Å². The molecular formula is C21H23N3O2S. The van der Waals surface area contributed by atoms with E-state index in [9.17, 15) is 4.79 Å². The second-order valence-corrected chi connectivity index (χ2v) is 7.61. The van der Waals surface area contributed by atoms with E-state index < -0.39 is 0 Å². The lowest BCUT2D eigenvalue weighted by molar-refractivity contribution is -0.0227. The van der Waals surface area contributed by atoms with Crippen molar-refractivity contribution >= 4 is 17.2 Å². The SMILES string of the molecule is CCCc1nc(-n2cccc2)sc1C(=O)N1CCO[C@@H](c2ccccc2)C1. The molecule has 1 saturated heterocycles. The minimum absolute atomic E-state index is 0.0681. The van der Waals surface area contributed by atoms with E-state index in [4.69, 9.17) is 9.72 Å². The number of thiazole rings is 1. The fraction of sp³-hybridized carbons (Fsp3) is 0.333. The van der Waals surface area contributed by atoms with Crippen LogP contribution in [-0.2, 0) is 11.2 Å². The molecule has 2 aromatic heterocycles. The van der Waals surface area contributed by atoms with E-state index in [0.717, 1.165) is 34.1 Å². The van der Waals surface area contributed by atoms with Crippen LogP contribution in [0.1, 0.15) is 40.4 Å². The lowest BCUT2D eigenvalue weighted by atomic mass is 10.1. The van der Waals surface area contributed by atoms with Crippen molar-refractivity contribution in [1.82, 2.24) is 14.5 Å². The topological polar surface area (TPSA) is 47.4 Å². The Morgan fingerprint density at radius 2 is 2.00 bits per heavy atom. The molecule has 1 aromatic carbocycles. The Morgan fingerprint density at radius 1 is 1.22 bits per heavy atom. The summed E-state index contributed by atoms with van der Waals surface area (Å²) in [5.41, 5.74) is 2.01. The van der Waals surface area contributed by atoms with Crippen LogP contribution >= 0.6 is 11.3 Å². The fourth-order valence-electron chi connectivity index (χ4n) is 3.33. The van der Waals surface area contributed by atoms with E-state index in [1.165, 1.54) is 11.3 Å². The average Bonchev–Trinajstić information content (AvgIpc) is 3.38. The third-order valence-corrected chi connectivity index (χ3v) is 5.82. The molecule has 4 rings (SSSR count). The number of aromatic nitrogens is 2. The van der Waals surface area contributed by atoms with Crippen LogP contribution in [0.2, 0.25) is 0 Å². The molecule has 0 bridgehead atoms. The zero-order valence-electron chi connectivity index (χ0n) is 15.4. The van der Waals surface area contributed by atoms with Crippen molar-refractivity contribution in [3.05, 3.63) is 71.0 Å². The van der Waals surface area contributed by atoms with Gasteiger partial charge in [-0.25, -0.2) is 4.98 Å². The van der Waals surface area contributed by atoms with E-state index in [-0.39, 0.29) is 12.0 Å². The first-order valence-corrected chi connectivity index (χ1v) is 10.2. The van der Waals surface area contributed by atoms with Crippen LogP contribution in [0.25, 0.3) is 5.13 Å². The minimum Gasteiger partial charge on any atom is -0.370 e. The monoisotopic (exact) mass is 381 g/mol. The number of aryl methyl sites for hydroxylation is 1. The molecule has 0 N–H and O–H groups in total. The van der Waals surface area contributed by atoms with Crippen LogP contribution in [0, 0.1) is 0 Å². The molecule has 1 amide bonds. The maximum Gasteiger partial charge on any atom is 0.266 e. The number of hydrogen-bond acceptors (Lipinski definition) is 4. The van der Waals surface area contributed by atoms with Gasteiger partial charge in [-0.2, -0.15) is 0 Å².